The molecule has 18 heavy (non-hydrogen) atoms. The molecule has 0 spiro atoms. The minimum Gasteiger partial charge on any atom is -0.380 e. The molecule has 1 atom stereocenters. The quantitative estimate of drug-likeness (QED) is 0.677. The second-order valence-corrected chi connectivity index (χ2v) is 5.31. The maximum atomic E-state index is 5.57. The Kier molecular flexibility index (Phi) is 7.70. The van der Waals surface area contributed by atoms with Crippen molar-refractivity contribution in [2.45, 2.75) is 33.1 Å². The zero-order valence-corrected chi connectivity index (χ0v) is 12.0. The fourth-order valence-electron chi connectivity index (χ4n) is 1.78. The largest absolute Gasteiger partial charge is 0.380 e. The first-order valence-electron chi connectivity index (χ1n) is 7.03. The van der Waals surface area contributed by atoms with E-state index in [1.54, 1.807) is 0 Å². The van der Waals surface area contributed by atoms with Gasteiger partial charge in [-0.15, -0.1) is 0 Å². The molecule has 1 aromatic carbocycles. The van der Waals surface area contributed by atoms with Gasteiger partial charge in [-0.2, -0.15) is 0 Å². The van der Waals surface area contributed by atoms with Crippen molar-refractivity contribution < 1.29 is 4.74 Å². The lowest BCUT2D eigenvalue weighted by molar-refractivity contribution is 0.125. The summed E-state index contributed by atoms with van der Waals surface area (Å²) >= 11 is 0. The van der Waals surface area contributed by atoms with Crippen molar-refractivity contribution >= 4 is 0 Å². The molecular formula is C16H27NO. The Morgan fingerprint density at radius 3 is 2.44 bits per heavy atom. The van der Waals surface area contributed by atoms with E-state index in [-0.39, 0.29) is 0 Å². The molecule has 0 amide bonds. The number of ether oxygens (including phenoxy) is 1. The molecule has 2 heteroatoms. The Morgan fingerprint density at radius 2 is 1.78 bits per heavy atom. The van der Waals surface area contributed by atoms with E-state index in [1.807, 2.05) is 0 Å². The molecule has 0 bridgehead atoms. The first kappa shape index (κ1) is 15.2. The van der Waals surface area contributed by atoms with E-state index >= 15 is 0 Å². The number of rotatable bonds is 9. The van der Waals surface area contributed by atoms with Crippen LogP contribution < -0.4 is 5.32 Å². The molecule has 2 nitrogen and oxygen atoms in total. The molecule has 0 aliphatic carbocycles. The van der Waals surface area contributed by atoms with E-state index in [4.69, 9.17) is 4.74 Å². The van der Waals surface area contributed by atoms with Crippen molar-refractivity contribution in [1.29, 1.82) is 0 Å². The standard InChI is InChI=1S/C16H27NO/c1-14(2)9-11-18-12-10-17-13-15(3)16-7-5-4-6-8-16/h4-8,14-15,17H,9-13H2,1-3H3. The van der Waals surface area contributed by atoms with Crippen LogP contribution in [-0.2, 0) is 4.74 Å². The molecule has 0 aliphatic rings. The van der Waals surface area contributed by atoms with Gasteiger partial charge in [-0.25, -0.2) is 0 Å². The highest BCUT2D eigenvalue weighted by Crippen LogP contribution is 2.12. The van der Waals surface area contributed by atoms with Gasteiger partial charge in [0.2, 0.25) is 0 Å². The van der Waals surface area contributed by atoms with Gasteiger partial charge in [-0.1, -0.05) is 51.1 Å². The number of hydrogen-bond acceptors (Lipinski definition) is 2. The molecule has 102 valence electrons. The van der Waals surface area contributed by atoms with Crippen molar-refractivity contribution in [3.05, 3.63) is 35.9 Å². The molecule has 0 heterocycles. The maximum absolute atomic E-state index is 5.57. The summed E-state index contributed by atoms with van der Waals surface area (Å²) in [5.74, 6) is 1.29. The van der Waals surface area contributed by atoms with Gasteiger partial charge in [0.05, 0.1) is 6.61 Å². The van der Waals surface area contributed by atoms with Crippen molar-refractivity contribution in [3.63, 3.8) is 0 Å². The average molecular weight is 249 g/mol. The van der Waals surface area contributed by atoms with Crippen LogP contribution in [0.4, 0.5) is 0 Å². The van der Waals surface area contributed by atoms with Crippen molar-refractivity contribution in [1.82, 2.24) is 5.32 Å². The maximum Gasteiger partial charge on any atom is 0.0590 e. The third kappa shape index (κ3) is 6.77. The van der Waals surface area contributed by atoms with Gasteiger partial charge < -0.3 is 10.1 Å². The summed E-state index contributed by atoms with van der Waals surface area (Å²) in [5, 5.41) is 3.45. The van der Waals surface area contributed by atoms with Crippen molar-refractivity contribution in [2.75, 3.05) is 26.3 Å². The highest BCUT2D eigenvalue weighted by Gasteiger charge is 2.03. The normalized spacial score (nSPS) is 12.9. The van der Waals surface area contributed by atoms with Crippen molar-refractivity contribution in [3.8, 4) is 0 Å². The summed E-state index contributed by atoms with van der Waals surface area (Å²) < 4.78 is 5.57. The van der Waals surface area contributed by atoms with Crippen LogP contribution in [0, 0.1) is 5.92 Å². The molecule has 1 N–H and O–H groups in total. The summed E-state index contributed by atoms with van der Waals surface area (Å²) in [4.78, 5) is 0. The summed E-state index contributed by atoms with van der Waals surface area (Å²) in [6.07, 6.45) is 1.15. The second-order valence-electron chi connectivity index (χ2n) is 5.31. The fourth-order valence-corrected chi connectivity index (χ4v) is 1.78. The highest BCUT2D eigenvalue weighted by atomic mass is 16.5. The van der Waals surface area contributed by atoms with Crippen LogP contribution in [0.1, 0.15) is 38.7 Å². The summed E-state index contributed by atoms with van der Waals surface area (Å²) in [6, 6.07) is 10.6. The molecule has 0 radical (unpaired) electrons. The van der Waals surface area contributed by atoms with Gasteiger partial charge in [0.15, 0.2) is 0 Å². The SMILES string of the molecule is CC(C)CCOCCNCC(C)c1ccccc1. The van der Waals surface area contributed by atoms with Gasteiger partial charge in [0, 0.05) is 19.7 Å². The molecule has 1 aromatic rings. The Balaban J connectivity index is 2.01. The van der Waals surface area contributed by atoms with Gasteiger partial charge in [0.25, 0.3) is 0 Å². The van der Waals surface area contributed by atoms with Crippen LogP contribution in [0.25, 0.3) is 0 Å². The monoisotopic (exact) mass is 249 g/mol. The van der Waals surface area contributed by atoms with E-state index < -0.39 is 0 Å². The van der Waals surface area contributed by atoms with Crippen LogP contribution >= 0.6 is 0 Å². The van der Waals surface area contributed by atoms with Gasteiger partial charge in [0.1, 0.15) is 0 Å². The third-order valence-corrected chi connectivity index (χ3v) is 3.08. The number of benzene rings is 1. The van der Waals surface area contributed by atoms with Gasteiger partial charge >= 0.3 is 0 Å². The van der Waals surface area contributed by atoms with Gasteiger partial charge in [-0.3, -0.25) is 0 Å². The van der Waals surface area contributed by atoms with E-state index in [1.165, 1.54) is 5.56 Å². The molecule has 0 fully saturated rings. The molecule has 0 aliphatic heterocycles. The molecule has 0 saturated heterocycles. The average Bonchev–Trinajstić information content (AvgIpc) is 2.38. The Labute approximate surface area is 112 Å². The van der Waals surface area contributed by atoms with Crippen molar-refractivity contribution in [2.24, 2.45) is 5.92 Å². The highest BCUT2D eigenvalue weighted by molar-refractivity contribution is 5.18. The fraction of sp³-hybridized carbons (Fsp3) is 0.625. The second kappa shape index (κ2) is 9.12. The zero-order valence-electron chi connectivity index (χ0n) is 12.0. The van der Waals surface area contributed by atoms with E-state index in [9.17, 15) is 0 Å². The minimum atomic E-state index is 0.557. The molecule has 0 saturated carbocycles. The molecule has 0 aromatic heterocycles. The van der Waals surface area contributed by atoms with E-state index in [0.717, 1.165) is 38.6 Å². The van der Waals surface area contributed by atoms with Crippen LogP contribution in [0.15, 0.2) is 30.3 Å². The minimum absolute atomic E-state index is 0.557. The van der Waals surface area contributed by atoms with Crippen LogP contribution in [-0.4, -0.2) is 26.3 Å². The lowest BCUT2D eigenvalue weighted by atomic mass is 10.0. The smallest absolute Gasteiger partial charge is 0.0590 e. The molecular weight excluding hydrogens is 222 g/mol. The molecule has 1 unspecified atom stereocenters. The summed E-state index contributed by atoms with van der Waals surface area (Å²) in [5.41, 5.74) is 1.39. The Hall–Kier alpha value is -0.860. The van der Waals surface area contributed by atoms with Gasteiger partial charge in [-0.05, 0) is 23.8 Å². The number of nitrogens with one attached hydrogen (secondary N) is 1. The first-order valence-corrected chi connectivity index (χ1v) is 7.03. The lowest BCUT2D eigenvalue weighted by Crippen LogP contribution is -2.24. The third-order valence-electron chi connectivity index (χ3n) is 3.08. The first-order chi connectivity index (χ1) is 8.70. The Morgan fingerprint density at radius 1 is 1.06 bits per heavy atom. The summed E-state index contributed by atoms with van der Waals surface area (Å²) in [6.45, 7) is 10.4. The van der Waals surface area contributed by atoms with Crippen LogP contribution in [0.2, 0.25) is 0 Å². The molecule has 1 rings (SSSR count). The van der Waals surface area contributed by atoms with Crippen LogP contribution in [0.5, 0.6) is 0 Å². The topological polar surface area (TPSA) is 21.3 Å². The zero-order chi connectivity index (χ0) is 13.2. The predicted molar refractivity (Wildman–Crippen MR) is 78.0 cm³/mol. The summed E-state index contributed by atoms with van der Waals surface area (Å²) in [7, 11) is 0. The van der Waals surface area contributed by atoms with Crippen LogP contribution in [0.3, 0.4) is 0 Å². The predicted octanol–water partition coefficient (Wildman–Crippen LogP) is 3.44. The Bertz CT molecular complexity index is 297. The lowest BCUT2D eigenvalue weighted by Gasteiger charge is -2.13. The van der Waals surface area contributed by atoms with E-state index in [2.05, 4.69) is 56.4 Å². The number of hydrogen-bond donors (Lipinski definition) is 1. The van der Waals surface area contributed by atoms with E-state index in [0.29, 0.717) is 5.92 Å².